The first kappa shape index (κ1) is 10.4. The Balaban J connectivity index is 1.93. The third-order valence-electron chi connectivity index (χ3n) is 3.68. The van der Waals surface area contributed by atoms with E-state index in [0.29, 0.717) is 0 Å². The summed E-state index contributed by atoms with van der Waals surface area (Å²) >= 11 is 0. The third kappa shape index (κ3) is 2.10. The van der Waals surface area contributed by atoms with E-state index in [-0.39, 0.29) is 0 Å². The van der Waals surface area contributed by atoms with Crippen molar-refractivity contribution in [1.29, 1.82) is 0 Å². The molecular formula is C11H23N3. The monoisotopic (exact) mass is 197 g/mol. The second-order valence-corrected chi connectivity index (χ2v) is 4.78. The van der Waals surface area contributed by atoms with Crippen molar-refractivity contribution in [2.45, 2.75) is 38.3 Å². The summed E-state index contributed by atoms with van der Waals surface area (Å²) in [6.45, 7) is 8.03. The number of fused-ring (bicyclic) bond motifs is 1. The van der Waals surface area contributed by atoms with Crippen LogP contribution in [-0.2, 0) is 0 Å². The van der Waals surface area contributed by atoms with Crippen molar-refractivity contribution in [3.05, 3.63) is 0 Å². The number of nitrogens with two attached hydrogens (primary N) is 1. The maximum absolute atomic E-state index is 5.62. The molecule has 2 aliphatic rings. The third-order valence-corrected chi connectivity index (χ3v) is 3.68. The van der Waals surface area contributed by atoms with Crippen molar-refractivity contribution < 1.29 is 0 Å². The minimum Gasteiger partial charge on any atom is -0.329 e. The van der Waals surface area contributed by atoms with Crippen LogP contribution in [-0.4, -0.2) is 54.6 Å². The van der Waals surface area contributed by atoms with E-state index >= 15 is 0 Å². The highest BCUT2D eigenvalue weighted by atomic mass is 15.3. The van der Waals surface area contributed by atoms with Gasteiger partial charge in [-0.05, 0) is 26.3 Å². The molecule has 0 saturated carbocycles. The Morgan fingerprint density at radius 1 is 1.29 bits per heavy atom. The molecule has 0 radical (unpaired) electrons. The maximum Gasteiger partial charge on any atom is 0.0226 e. The van der Waals surface area contributed by atoms with Gasteiger partial charge in [0.25, 0.3) is 0 Å². The minimum absolute atomic E-state index is 0.737. The highest BCUT2D eigenvalue weighted by molar-refractivity contribution is 4.89. The van der Waals surface area contributed by atoms with Gasteiger partial charge in [0.1, 0.15) is 0 Å². The lowest BCUT2D eigenvalue weighted by Gasteiger charge is -2.48. The topological polar surface area (TPSA) is 32.5 Å². The summed E-state index contributed by atoms with van der Waals surface area (Å²) in [7, 11) is 0. The first-order valence-corrected chi connectivity index (χ1v) is 5.99. The van der Waals surface area contributed by atoms with E-state index in [2.05, 4.69) is 16.7 Å². The van der Waals surface area contributed by atoms with Crippen LogP contribution in [0.1, 0.15) is 26.2 Å². The number of piperazine rings is 1. The Kier molecular flexibility index (Phi) is 3.42. The molecule has 0 spiro atoms. The van der Waals surface area contributed by atoms with Crippen LogP contribution in [0.4, 0.5) is 0 Å². The first-order chi connectivity index (χ1) is 6.81. The number of hydrogen-bond donors (Lipinski definition) is 1. The average Bonchev–Trinajstić information content (AvgIpc) is 2.18. The van der Waals surface area contributed by atoms with E-state index < -0.39 is 0 Å². The van der Waals surface area contributed by atoms with Gasteiger partial charge >= 0.3 is 0 Å². The van der Waals surface area contributed by atoms with Gasteiger partial charge in [0.15, 0.2) is 0 Å². The maximum atomic E-state index is 5.62. The molecule has 2 N–H and O–H groups in total. The first-order valence-electron chi connectivity index (χ1n) is 5.99. The van der Waals surface area contributed by atoms with Gasteiger partial charge in [-0.1, -0.05) is 6.42 Å². The van der Waals surface area contributed by atoms with E-state index in [1.807, 2.05) is 0 Å². The molecule has 3 heteroatoms. The van der Waals surface area contributed by atoms with Crippen LogP contribution in [0.25, 0.3) is 0 Å². The highest BCUT2D eigenvalue weighted by Crippen LogP contribution is 2.24. The van der Waals surface area contributed by atoms with Crippen molar-refractivity contribution >= 4 is 0 Å². The van der Waals surface area contributed by atoms with Crippen molar-refractivity contribution in [3.63, 3.8) is 0 Å². The van der Waals surface area contributed by atoms with Gasteiger partial charge in [-0.15, -0.1) is 0 Å². The fourth-order valence-corrected chi connectivity index (χ4v) is 3.02. The molecule has 2 saturated heterocycles. The number of piperidine rings is 1. The lowest BCUT2D eigenvalue weighted by molar-refractivity contribution is 0.0105. The zero-order chi connectivity index (χ0) is 9.97. The van der Waals surface area contributed by atoms with Crippen molar-refractivity contribution in [2.24, 2.45) is 5.73 Å². The second-order valence-electron chi connectivity index (χ2n) is 4.78. The largest absolute Gasteiger partial charge is 0.329 e. The van der Waals surface area contributed by atoms with Gasteiger partial charge in [-0.25, -0.2) is 0 Å². The van der Waals surface area contributed by atoms with Gasteiger partial charge in [0.05, 0.1) is 0 Å². The van der Waals surface area contributed by atoms with Crippen molar-refractivity contribution in [3.8, 4) is 0 Å². The normalized spacial score (nSPS) is 35.6. The summed E-state index contributed by atoms with van der Waals surface area (Å²) in [5, 5.41) is 0. The van der Waals surface area contributed by atoms with Gasteiger partial charge in [-0.3, -0.25) is 9.80 Å². The van der Waals surface area contributed by atoms with Crippen LogP contribution in [0.2, 0.25) is 0 Å². The zero-order valence-electron chi connectivity index (χ0n) is 9.28. The molecule has 2 fully saturated rings. The smallest absolute Gasteiger partial charge is 0.0226 e. The van der Waals surface area contributed by atoms with E-state index in [4.69, 9.17) is 5.73 Å². The number of hydrogen-bond acceptors (Lipinski definition) is 3. The van der Waals surface area contributed by atoms with Crippen LogP contribution in [0.3, 0.4) is 0 Å². The number of rotatable bonds is 2. The summed E-state index contributed by atoms with van der Waals surface area (Å²) < 4.78 is 0. The molecule has 2 rings (SSSR count). The zero-order valence-corrected chi connectivity index (χ0v) is 9.28. The number of nitrogens with zero attached hydrogens (tertiary/aromatic N) is 2. The molecule has 0 aromatic heterocycles. The molecule has 3 nitrogen and oxygen atoms in total. The summed E-state index contributed by atoms with van der Waals surface area (Å²) in [4.78, 5) is 5.24. The molecule has 0 aliphatic carbocycles. The van der Waals surface area contributed by atoms with Gasteiger partial charge in [-0.2, -0.15) is 0 Å². The summed E-state index contributed by atoms with van der Waals surface area (Å²) in [6, 6.07) is 1.56. The Labute approximate surface area is 87.2 Å². The van der Waals surface area contributed by atoms with E-state index in [1.54, 1.807) is 0 Å². The highest BCUT2D eigenvalue weighted by Gasteiger charge is 2.32. The Morgan fingerprint density at radius 3 is 2.93 bits per heavy atom. The predicted octanol–water partition coefficient (Wildman–Crippen LogP) is 0.504. The predicted molar refractivity (Wildman–Crippen MR) is 59.3 cm³/mol. The van der Waals surface area contributed by atoms with Crippen LogP contribution < -0.4 is 5.73 Å². The Morgan fingerprint density at radius 2 is 2.14 bits per heavy atom. The molecule has 0 bridgehead atoms. The van der Waals surface area contributed by atoms with Crippen LogP contribution in [0.15, 0.2) is 0 Å². The molecule has 0 amide bonds. The molecule has 0 aromatic carbocycles. The Bertz CT molecular complexity index is 183. The van der Waals surface area contributed by atoms with E-state index in [1.165, 1.54) is 38.9 Å². The van der Waals surface area contributed by atoms with Gasteiger partial charge < -0.3 is 5.73 Å². The fraction of sp³-hybridized carbons (Fsp3) is 1.00. The molecule has 0 aromatic rings. The van der Waals surface area contributed by atoms with Crippen LogP contribution in [0.5, 0.6) is 0 Å². The molecule has 2 unspecified atom stereocenters. The summed E-state index contributed by atoms with van der Waals surface area (Å²) in [6.07, 6.45) is 4.22. The van der Waals surface area contributed by atoms with Gasteiger partial charge in [0, 0.05) is 38.3 Å². The average molecular weight is 197 g/mol. The van der Waals surface area contributed by atoms with E-state index in [0.717, 1.165) is 25.2 Å². The standard InChI is InChI=1S/C11H23N3/c1-10-8-13(7-5-12)9-11-4-2-3-6-14(10)11/h10-11H,2-9,12H2,1H3. The lowest BCUT2D eigenvalue weighted by atomic mass is 9.96. The second kappa shape index (κ2) is 4.60. The van der Waals surface area contributed by atoms with Crippen LogP contribution in [0, 0.1) is 0 Å². The van der Waals surface area contributed by atoms with Crippen molar-refractivity contribution in [1.82, 2.24) is 9.80 Å². The van der Waals surface area contributed by atoms with Gasteiger partial charge in [0.2, 0.25) is 0 Å². The fourth-order valence-electron chi connectivity index (χ4n) is 3.02. The molecule has 2 heterocycles. The van der Waals surface area contributed by atoms with Crippen LogP contribution >= 0.6 is 0 Å². The van der Waals surface area contributed by atoms with E-state index in [9.17, 15) is 0 Å². The molecule has 2 atom stereocenters. The molecule has 82 valence electrons. The van der Waals surface area contributed by atoms with Crippen molar-refractivity contribution in [2.75, 3.05) is 32.7 Å². The summed E-state index contributed by atoms with van der Waals surface area (Å²) in [5.74, 6) is 0. The molecular weight excluding hydrogens is 174 g/mol. The molecule has 2 aliphatic heterocycles. The SMILES string of the molecule is CC1CN(CCN)CC2CCCCN12. The molecule has 14 heavy (non-hydrogen) atoms. The lowest BCUT2D eigenvalue weighted by Crippen LogP contribution is -2.59. The quantitative estimate of drug-likeness (QED) is 0.700. The minimum atomic E-state index is 0.737. The Hall–Kier alpha value is -0.120. The summed E-state index contributed by atoms with van der Waals surface area (Å²) in [5.41, 5.74) is 5.62.